The molecule has 0 amide bonds. The zero-order chi connectivity index (χ0) is 9.68. The molecule has 0 radical (unpaired) electrons. The summed E-state index contributed by atoms with van der Waals surface area (Å²) in [6, 6.07) is 0.663. The molecule has 0 aromatic rings. The fraction of sp³-hybridized carbons (Fsp3) is 1.00. The van der Waals surface area contributed by atoms with Gasteiger partial charge in [-0.05, 0) is 26.4 Å². The Morgan fingerprint density at radius 2 is 2.38 bits per heavy atom. The molecule has 13 heavy (non-hydrogen) atoms. The van der Waals surface area contributed by atoms with E-state index in [9.17, 15) is 0 Å². The minimum absolute atomic E-state index is 0.663. The molecule has 0 aromatic heterocycles. The second-order valence-corrected chi connectivity index (χ2v) is 4.28. The van der Waals surface area contributed by atoms with E-state index in [4.69, 9.17) is 0 Å². The molecule has 2 N–H and O–H groups in total. The van der Waals surface area contributed by atoms with Crippen LogP contribution in [0.5, 0.6) is 0 Å². The van der Waals surface area contributed by atoms with E-state index in [1.165, 1.54) is 19.6 Å². The van der Waals surface area contributed by atoms with Crippen LogP contribution in [0.1, 0.15) is 13.8 Å². The number of piperazine rings is 1. The zero-order valence-corrected chi connectivity index (χ0v) is 9.14. The lowest BCUT2D eigenvalue weighted by atomic mass is 10.1. The standard InChI is InChI=1S/C10H23N3/c1-9(6-11-3)7-13-5-4-12-10(2)8-13/h9-12H,4-8H2,1-3H3. The molecule has 0 bridgehead atoms. The van der Waals surface area contributed by atoms with Crippen molar-refractivity contribution in [2.75, 3.05) is 39.8 Å². The van der Waals surface area contributed by atoms with E-state index < -0.39 is 0 Å². The minimum atomic E-state index is 0.663. The van der Waals surface area contributed by atoms with Crippen molar-refractivity contribution in [1.29, 1.82) is 0 Å². The number of nitrogens with zero attached hydrogens (tertiary/aromatic N) is 1. The third-order valence-electron chi connectivity index (χ3n) is 2.58. The summed E-state index contributed by atoms with van der Waals surface area (Å²) in [5.41, 5.74) is 0. The third-order valence-corrected chi connectivity index (χ3v) is 2.58. The lowest BCUT2D eigenvalue weighted by molar-refractivity contribution is 0.183. The van der Waals surface area contributed by atoms with Crippen LogP contribution in [0.2, 0.25) is 0 Å². The molecule has 0 spiro atoms. The van der Waals surface area contributed by atoms with Crippen molar-refractivity contribution in [2.45, 2.75) is 19.9 Å². The maximum absolute atomic E-state index is 3.46. The second-order valence-electron chi connectivity index (χ2n) is 4.28. The van der Waals surface area contributed by atoms with Crippen LogP contribution in [-0.2, 0) is 0 Å². The first-order valence-electron chi connectivity index (χ1n) is 5.32. The van der Waals surface area contributed by atoms with Crippen molar-refractivity contribution >= 4 is 0 Å². The van der Waals surface area contributed by atoms with Gasteiger partial charge in [0.25, 0.3) is 0 Å². The van der Waals surface area contributed by atoms with Crippen molar-refractivity contribution in [3.8, 4) is 0 Å². The molecule has 1 fully saturated rings. The number of hydrogen-bond acceptors (Lipinski definition) is 3. The molecule has 78 valence electrons. The van der Waals surface area contributed by atoms with E-state index in [2.05, 4.69) is 29.4 Å². The summed E-state index contributed by atoms with van der Waals surface area (Å²) in [4.78, 5) is 2.56. The first-order chi connectivity index (χ1) is 6.22. The van der Waals surface area contributed by atoms with Gasteiger partial charge in [0, 0.05) is 32.2 Å². The molecule has 0 aliphatic carbocycles. The quantitative estimate of drug-likeness (QED) is 0.652. The largest absolute Gasteiger partial charge is 0.319 e. The number of nitrogens with one attached hydrogen (secondary N) is 2. The van der Waals surface area contributed by atoms with Crippen LogP contribution >= 0.6 is 0 Å². The van der Waals surface area contributed by atoms with E-state index in [0.29, 0.717) is 6.04 Å². The predicted molar refractivity (Wildman–Crippen MR) is 57.0 cm³/mol. The summed E-state index contributed by atoms with van der Waals surface area (Å²) in [6.07, 6.45) is 0. The lowest BCUT2D eigenvalue weighted by Gasteiger charge is -2.33. The van der Waals surface area contributed by atoms with Gasteiger partial charge >= 0.3 is 0 Å². The molecule has 1 saturated heterocycles. The molecule has 0 saturated carbocycles. The normalized spacial score (nSPS) is 27.5. The van der Waals surface area contributed by atoms with Crippen LogP contribution in [0.15, 0.2) is 0 Å². The Labute approximate surface area is 81.9 Å². The average molecular weight is 185 g/mol. The molecule has 3 heteroatoms. The van der Waals surface area contributed by atoms with Crippen molar-refractivity contribution in [3.63, 3.8) is 0 Å². The molecule has 1 heterocycles. The van der Waals surface area contributed by atoms with Gasteiger partial charge in [-0.3, -0.25) is 0 Å². The highest BCUT2D eigenvalue weighted by atomic mass is 15.2. The second kappa shape index (κ2) is 5.58. The summed E-state index contributed by atoms with van der Waals surface area (Å²) in [6.45, 7) is 10.5. The molecule has 2 unspecified atom stereocenters. The van der Waals surface area contributed by atoms with Crippen LogP contribution in [0, 0.1) is 5.92 Å². The van der Waals surface area contributed by atoms with Crippen LogP contribution in [-0.4, -0.2) is 50.7 Å². The Kier molecular flexibility index (Phi) is 4.70. The van der Waals surface area contributed by atoms with Crippen molar-refractivity contribution in [1.82, 2.24) is 15.5 Å². The van der Waals surface area contributed by atoms with E-state index in [1.807, 2.05) is 7.05 Å². The number of hydrogen-bond donors (Lipinski definition) is 2. The summed E-state index contributed by atoms with van der Waals surface area (Å²) in [5, 5.41) is 6.69. The van der Waals surface area contributed by atoms with Gasteiger partial charge in [-0.2, -0.15) is 0 Å². The van der Waals surface area contributed by atoms with Crippen molar-refractivity contribution in [3.05, 3.63) is 0 Å². The molecular weight excluding hydrogens is 162 g/mol. The molecular formula is C10H23N3. The molecule has 1 aliphatic heterocycles. The van der Waals surface area contributed by atoms with Crippen molar-refractivity contribution in [2.24, 2.45) is 5.92 Å². The minimum Gasteiger partial charge on any atom is -0.319 e. The van der Waals surface area contributed by atoms with E-state index in [0.717, 1.165) is 19.0 Å². The van der Waals surface area contributed by atoms with Crippen LogP contribution in [0.4, 0.5) is 0 Å². The average Bonchev–Trinajstić information content (AvgIpc) is 2.04. The van der Waals surface area contributed by atoms with Gasteiger partial charge in [-0.25, -0.2) is 0 Å². The Morgan fingerprint density at radius 3 is 3.00 bits per heavy atom. The molecule has 1 rings (SSSR count). The molecule has 3 nitrogen and oxygen atoms in total. The highest BCUT2D eigenvalue weighted by Gasteiger charge is 2.16. The number of rotatable bonds is 4. The van der Waals surface area contributed by atoms with Gasteiger partial charge in [-0.15, -0.1) is 0 Å². The summed E-state index contributed by atoms with van der Waals surface area (Å²) < 4.78 is 0. The first-order valence-corrected chi connectivity index (χ1v) is 5.32. The summed E-state index contributed by atoms with van der Waals surface area (Å²) in [7, 11) is 2.02. The van der Waals surface area contributed by atoms with E-state index in [-0.39, 0.29) is 0 Å². The summed E-state index contributed by atoms with van der Waals surface area (Å²) in [5.74, 6) is 0.760. The topological polar surface area (TPSA) is 27.3 Å². The zero-order valence-electron chi connectivity index (χ0n) is 9.14. The smallest absolute Gasteiger partial charge is 0.0167 e. The highest BCUT2D eigenvalue weighted by molar-refractivity contribution is 4.76. The Hall–Kier alpha value is -0.120. The van der Waals surface area contributed by atoms with Gasteiger partial charge < -0.3 is 15.5 Å². The molecule has 0 aromatic carbocycles. The lowest BCUT2D eigenvalue weighted by Crippen LogP contribution is -2.50. The van der Waals surface area contributed by atoms with E-state index in [1.54, 1.807) is 0 Å². The van der Waals surface area contributed by atoms with Crippen LogP contribution in [0.25, 0.3) is 0 Å². The fourth-order valence-electron chi connectivity index (χ4n) is 2.03. The fourth-order valence-corrected chi connectivity index (χ4v) is 2.03. The van der Waals surface area contributed by atoms with Gasteiger partial charge in [0.05, 0.1) is 0 Å². The predicted octanol–water partition coefficient (Wildman–Crippen LogP) is 0.136. The molecule has 2 atom stereocenters. The molecule has 1 aliphatic rings. The van der Waals surface area contributed by atoms with Gasteiger partial charge in [0.1, 0.15) is 0 Å². The maximum atomic E-state index is 3.46. The van der Waals surface area contributed by atoms with Crippen molar-refractivity contribution < 1.29 is 0 Å². The summed E-state index contributed by atoms with van der Waals surface area (Å²) >= 11 is 0. The van der Waals surface area contributed by atoms with E-state index >= 15 is 0 Å². The monoisotopic (exact) mass is 185 g/mol. The van der Waals surface area contributed by atoms with Crippen LogP contribution < -0.4 is 10.6 Å². The third kappa shape index (κ3) is 4.07. The Bertz CT molecular complexity index is 138. The van der Waals surface area contributed by atoms with Gasteiger partial charge in [-0.1, -0.05) is 6.92 Å². The maximum Gasteiger partial charge on any atom is 0.0167 e. The first kappa shape index (κ1) is 11.0. The highest BCUT2D eigenvalue weighted by Crippen LogP contribution is 2.03. The Morgan fingerprint density at radius 1 is 1.62 bits per heavy atom. The Balaban J connectivity index is 2.19. The SMILES string of the molecule is CNCC(C)CN1CCNC(C)C1. The van der Waals surface area contributed by atoms with Gasteiger partial charge in [0.15, 0.2) is 0 Å². The van der Waals surface area contributed by atoms with Gasteiger partial charge in [0.2, 0.25) is 0 Å². The van der Waals surface area contributed by atoms with Crippen LogP contribution in [0.3, 0.4) is 0 Å².